The van der Waals surface area contributed by atoms with Crippen molar-refractivity contribution in [3.63, 3.8) is 0 Å². The fraction of sp³-hybridized carbons (Fsp3) is 0.889. The lowest BCUT2D eigenvalue weighted by atomic mass is 10.0. The van der Waals surface area contributed by atoms with Crippen LogP contribution in [-0.2, 0) is 4.79 Å². The van der Waals surface area contributed by atoms with Crippen molar-refractivity contribution < 1.29 is 9.90 Å². The van der Waals surface area contributed by atoms with Gasteiger partial charge in [0.25, 0.3) is 0 Å². The summed E-state index contributed by atoms with van der Waals surface area (Å²) in [5.41, 5.74) is 5.35. The molecule has 0 saturated heterocycles. The van der Waals surface area contributed by atoms with Crippen LogP contribution in [0.1, 0.15) is 19.8 Å². The lowest BCUT2D eigenvalue weighted by Crippen LogP contribution is -2.34. The molecule has 1 amide bonds. The van der Waals surface area contributed by atoms with E-state index in [2.05, 4.69) is 0 Å². The minimum atomic E-state index is 0.0140. The number of carbonyl (C=O) groups excluding carboxylic acids is 1. The van der Waals surface area contributed by atoms with Crippen molar-refractivity contribution in [2.24, 2.45) is 11.7 Å². The Bertz CT molecular complexity index is 151. The molecule has 0 spiro atoms. The summed E-state index contributed by atoms with van der Waals surface area (Å²) in [7, 11) is 1.71. The Labute approximate surface area is 79.7 Å². The van der Waals surface area contributed by atoms with Crippen molar-refractivity contribution in [3.8, 4) is 0 Å². The molecule has 13 heavy (non-hydrogen) atoms. The number of carbonyl (C=O) groups is 1. The molecule has 0 aromatic carbocycles. The van der Waals surface area contributed by atoms with Crippen LogP contribution in [0.4, 0.5) is 0 Å². The summed E-state index contributed by atoms with van der Waals surface area (Å²) in [6, 6.07) is 0. The molecule has 0 bridgehead atoms. The number of likely N-dealkylation sites (N-methyl/N-ethyl adjacent to an activating group) is 1. The van der Waals surface area contributed by atoms with Crippen molar-refractivity contribution in [3.05, 3.63) is 0 Å². The van der Waals surface area contributed by atoms with Gasteiger partial charge >= 0.3 is 0 Å². The quantitative estimate of drug-likeness (QED) is 0.607. The SMILES string of the molecule is CC(CCCN)C(=O)N(C)CCO. The third kappa shape index (κ3) is 4.85. The molecule has 0 saturated carbocycles. The average Bonchev–Trinajstić information content (AvgIpc) is 2.13. The summed E-state index contributed by atoms with van der Waals surface area (Å²) in [5, 5.41) is 8.63. The molecule has 0 aliphatic rings. The normalized spacial score (nSPS) is 12.6. The van der Waals surface area contributed by atoms with Crippen LogP contribution in [0.5, 0.6) is 0 Å². The van der Waals surface area contributed by atoms with E-state index in [1.54, 1.807) is 11.9 Å². The molecular formula is C9H20N2O2. The first kappa shape index (κ1) is 12.4. The number of hydrogen-bond acceptors (Lipinski definition) is 3. The molecule has 0 fully saturated rings. The first-order chi connectivity index (χ1) is 6.13. The van der Waals surface area contributed by atoms with Crippen molar-refractivity contribution in [2.45, 2.75) is 19.8 Å². The zero-order valence-corrected chi connectivity index (χ0v) is 8.49. The monoisotopic (exact) mass is 188 g/mol. The molecule has 0 aliphatic heterocycles. The van der Waals surface area contributed by atoms with Gasteiger partial charge in [-0.3, -0.25) is 4.79 Å². The zero-order chi connectivity index (χ0) is 10.3. The molecule has 4 nitrogen and oxygen atoms in total. The van der Waals surface area contributed by atoms with E-state index in [4.69, 9.17) is 10.8 Å². The van der Waals surface area contributed by atoms with Gasteiger partial charge in [0.1, 0.15) is 0 Å². The summed E-state index contributed by atoms with van der Waals surface area (Å²) >= 11 is 0. The second-order valence-electron chi connectivity index (χ2n) is 3.32. The Hall–Kier alpha value is -0.610. The number of hydrogen-bond donors (Lipinski definition) is 2. The topological polar surface area (TPSA) is 66.6 Å². The molecular weight excluding hydrogens is 168 g/mol. The number of aliphatic hydroxyl groups excluding tert-OH is 1. The average molecular weight is 188 g/mol. The third-order valence-electron chi connectivity index (χ3n) is 2.07. The highest BCUT2D eigenvalue weighted by molar-refractivity contribution is 5.78. The molecule has 1 atom stereocenters. The van der Waals surface area contributed by atoms with Gasteiger partial charge < -0.3 is 15.7 Å². The molecule has 4 heteroatoms. The maximum absolute atomic E-state index is 11.5. The standard InChI is InChI=1S/C9H20N2O2/c1-8(4-3-5-10)9(13)11(2)6-7-12/h8,12H,3-7,10H2,1-2H3. The molecule has 3 N–H and O–H groups in total. The second-order valence-corrected chi connectivity index (χ2v) is 3.32. The predicted octanol–water partition coefficient (Wildman–Crippen LogP) is -0.188. The van der Waals surface area contributed by atoms with E-state index in [-0.39, 0.29) is 18.4 Å². The van der Waals surface area contributed by atoms with Crippen molar-refractivity contribution >= 4 is 5.91 Å². The Morgan fingerprint density at radius 1 is 1.62 bits per heavy atom. The number of nitrogens with two attached hydrogens (primary N) is 1. The summed E-state index contributed by atoms with van der Waals surface area (Å²) in [6.07, 6.45) is 1.70. The van der Waals surface area contributed by atoms with Crippen LogP contribution in [0.2, 0.25) is 0 Å². The van der Waals surface area contributed by atoms with Crippen molar-refractivity contribution in [1.29, 1.82) is 0 Å². The largest absolute Gasteiger partial charge is 0.395 e. The van der Waals surface area contributed by atoms with Gasteiger partial charge in [0.15, 0.2) is 0 Å². The van der Waals surface area contributed by atoms with Gasteiger partial charge in [-0.25, -0.2) is 0 Å². The fourth-order valence-corrected chi connectivity index (χ4v) is 1.18. The summed E-state index contributed by atoms with van der Waals surface area (Å²) < 4.78 is 0. The number of amides is 1. The molecule has 0 rings (SSSR count). The van der Waals surface area contributed by atoms with Crippen LogP contribution < -0.4 is 5.73 Å². The summed E-state index contributed by atoms with van der Waals surface area (Å²) in [6.45, 7) is 2.95. The third-order valence-corrected chi connectivity index (χ3v) is 2.07. The van der Waals surface area contributed by atoms with Gasteiger partial charge in [0, 0.05) is 19.5 Å². The number of nitrogens with zero attached hydrogens (tertiary/aromatic N) is 1. The van der Waals surface area contributed by atoms with Gasteiger partial charge in [-0.15, -0.1) is 0 Å². The van der Waals surface area contributed by atoms with Crippen LogP contribution in [0.15, 0.2) is 0 Å². The molecule has 0 aromatic heterocycles. The number of aliphatic hydroxyl groups is 1. The smallest absolute Gasteiger partial charge is 0.225 e. The first-order valence-electron chi connectivity index (χ1n) is 4.69. The van der Waals surface area contributed by atoms with E-state index >= 15 is 0 Å². The van der Waals surface area contributed by atoms with E-state index in [1.165, 1.54) is 0 Å². The lowest BCUT2D eigenvalue weighted by Gasteiger charge is -2.20. The van der Waals surface area contributed by atoms with E-state index in [9.17, 15) is 4.79 Å². The van der Waals surface area contributed by atoms with Crippen molar-refractivity contribution in [2.75, 3.05) is 26.7 Å². The Morgan fingerprint density at radius 3 is 2.69 bits per heavy atom. The van der Waals surface area contributed by atoms with Gasteiger partial charge in [-0.2, -0.15) is 0 Å². The second kappa shape index (κ2) is 6.86. The van der Waals surface area contributed by atoms with Crippen LogP contribution in [-0.4, -0.2) is 42.7 Å². The maximum atomic E-state index is 11.5. The minimum Gasteiger partial charge on any atom is -0.395 e. The highest BCUT2D eigenvalue weighted by Crippen LogP contribution is 2.07. The highest BCUT2D eigenvalue weighted by atomic mass is 16.3. The molecule has 0 aliphatic carbocycles. The number of rotatable bonds is 6. The van der Waals surface area contributed by atoms with E-state index in [0.717, 1.165) is 12.8 Å². The minimum absolute atomic E-state index is 0.0140. The van der Waals surface area contributed by atoms with Gasteiger partial charge in [-0.05, 0) is 19.4 Å². The van der Waals surface area contributed by atoms with Gasteiger partial charge in [0.2, 0.25) is 5.91 Å². The summed E-state index contributed by atoms with van der Waals surface area (Å²) in [4.78, 5) is 13.1. The maximum Gasteiger partial charge on any atom is 0.225 e. The van der Waals surface area contributed by atoms with Gasteiger partial charge in [0.05, 0.1) is 6.61 Å². The van der Waals surface area contributed by atoms with Crippen LogP contribution in [0.3, 0.4) is 0 Å². The van der Waals surface area contributed by atoms with E-state index in [0.29, 0.717) is 13.1 Å². The molecule has 78 valence electrons. The molecule has 1 unspecified atom stereocenters. The summed E-state index contributed by atoms with van der Waals surface area (Å²) in [5.74, 6) is 0.0996. The van der Waals surface area contributed by atoms with Crippen molar-refractivity contribution in [1.82, 2.24) is 4.90 Å². The van der Waals surface area contributed by atoms with E-state index < -0.39 is 0 Å². The van der Waals surface area contributed by atoms with E-state index in [1.807, 2.05) is 6.92 Å². The Morgan fingerprint density at radius 2 is 2.23 bits per heavy atom. The van der Waals surface area contributed by atoms with Gasteiger partial charge in [-0.1, -0.05) is 6.92 Å². The Balaban J connectivity index is 3.79. The lowest BCUT2D eigenvalue weighted by molar-refractivity contribution is -0.134. The molecule has 0 aromatic rings. The van der Waals surface area contributed by atoms with Crippen LogP contribution in [0, 0.1) is 5.92 Å². The predicted molar refractivity (Wildman–Crippen MR) is 52.2 cm³/mol. The zero-order valence-electron chi connectivity index (χ0n) is 8.49. The molecule has 0 radical (unpaired) electrons. The first-order valence-corrected chi connectivity index (χ1v) is 4.69. The van der Waals surface area contributed by atoms with Crippen LogP contribution >= 0.6 is 0 Å². The van der Waals surface area contributed by atoms with Crippen LogP contribution in [0.25, 0.3) is 0 Å². The highest BCUT2D eigenvalue weighted by Gasteiger charge is 2.15. The molecule has 0 heterocycles. The fourth-order valence-electron chi connectivity index (χ4n) is 1.18. The Kier molecular flexibility index (Phi) is 6.54.